The van der Waals surface area contributed by atoms with Crippen LogP contribution >= 0.6 is 15.8 Å². The van der Waals surface area contributed by atoms with E-state index in [4.69, 9.17) is 0 Å². The molecule has 0 aromatic rings. The summed E-state index contributed by atoms with van der Waals surface area (Å²) in [5.74, 6) is 10.8. The second-order valence-corrected chi connectivity index (χ2v) is 26.0. The monoisotopic (exact) mass is 803 g/mol. The topological polar surface area (TPSA) is 0 Å². The van der Waals surface area contributed by atoms with Crippen LogP contribution in [0, 0.1) is 134 Å². The molecule has 0 amide bonds. The number of hydrogen-bond donors (Lipinski definition) is 0. The van der Waals surface area contributed by atoms with E-state index in [0.29, 0.717) is 0 Å². The molecule has 10 radical (unpaired) electrons. The molecular formula is C50H84FeP2+2. The molecule has 0 aliphatic heterocycles. The molecule has 0 bridgehead atoms. The van der Waals surface area contributed by atoms with Gasteiger partial charge in [-0.1, -0.05) is 125 Å². The van der Waals surface area contributed by atoms with E-state index in [9.17, 15) is 0 Å². The van der Waals surface area contributed by atoms with E-state index in [-0.39, 0.29) is 32.9 Å². The molecule has 0 spiro atoms. The molecule has 0 heterocycles. The molecule has 0 aromatic carbocycles. The third-order valence-corrected chi connectivity index (χ3v) is 22.3. The van der Waals surface area contributed by atoms with E-state index in [1.165, 1.54) is 77.0 Å². The molecular weight excluding hydrogens is 718 g/mol. The summed E-state index contributed by atoms with van der Waals surface area (Å²) in [7, 11) is -0.104. The molecule has 6 saturated carbocycles. The maximum Gasteiger partial charge on any atom is 2.00 e. The summed E-state index contributed by atoms with van der Waals surface area (Å²) in [5.41, 5.74) is 7.27. The Kier molecular flexibility index (Phi) is 19.6. The Morgan fingerprint density at radius 3 is 0.774 bits per heavy atom. The number of rotatable bonds is 10. The van der Waals surface area contributed by atoms with Crippen LogP contribution in [0.5, 0.6) is 0 Å². The number of hydrogen-bond acceptors (Lipinski definition) is 0. The van der Waals surface area contributed by atoms with E-state index in [1.54, 1.807) is 11.3 Å². The Morgan fingerprint density at radius 1 is 0.377 bits per heavy atom. The third kappa shape index (κ3) is 12.2. The smallest absolute Gasteiger partial charge is 0.0918 e. The summed E-state index contributed by atoms with van der Waals surface area (Å²) >= 11 is 0. The van der Waals surface area contributed by atoms with Gasteiger partial charge in [0.25, 0.3) is 0 Å². The molecule has 300 valence electrons. The molecule has 0 aromatic heterocycles. The van der Waals surface area contributed by atoms with Crippen LogP contribution < -0.4 is 0 Å². The van der Waals surface area contributed by atoms with Gasteiger partial charge < -0.3 is 0 Å². The molecule has 6 fully saturated rings. The zero-order chi connectivity index (χ0) is 37.7. The Bertz CT molecular complexity index is 867. The second-order valence-electron chi connectivity index (χ2n) is 20.7. The van der Waals surface area contributed by atoms with Crippen LogP contribution in [-0.4, -0.2) is 22.6 Å². The largest absolute Gasteiger partial charge is 2.00 e. The molecule has 12 atom stereocenters. The average molecular weight is 803 g/mol. The van der Waals surface area contributed by atoms with Crippen molar-refractivity contribution in [1.82, 2.24) is 0 Å². The summed E-state index contributed by atoms with van der Waals surface area (Å²) in [6.07, 6.45) is 36.8. The van der Waals surface area contributed by atoms with Crippen LogP contribution in [0.25, 0.3) is 0 Å². The van der Waals surface area contributed by atoms with Gasteiger partial charge in [-0.05, 0) is 196 Å². The van der Waals surface area contributed by atoms with Crippen LogP contribution in [-0.2, 0) is 17.1 Å². The van der Waals surface area contributed by atoms with Crippen LogP contribution in [0.2, 0.25) is 0 Å². The first-order valence-electron chi connectivity index (χ1n) is 22.8. The molecule has 6 rings (SSSR count). The fraction of sp³-hybridized carbons (Fsp3) is 0.800. The predicted molar refractivity (Wildman–Crippen MR) is 235 cm³/mol. The van der Waals surface area contributed by atoms with Gasteiger partial charge in [0.05, 0.1) is 0 Å². The van der Waals surface area contributed by atoms with E-state index in [1.807, 2.05) is 0 Å². The van der Waals surface area contributed by atoms with Gasteiger partial charge in [-0.2, -0.15) is 0 Å². The minimum absolute atomic E-state index is 0. The van der Waals surface area contributed by atoms with Crippen molar-refractivity contribution in [3.05, 3.63) is 62.7 Å². The normalized spacial score (nSPS) is 39.3. The van der Waals surface area contributed by atoms with Crippen LogP contribution in [0.1, 0.15) is 160 Å². The van der Waals surface area contributed by atoms with Crippen LogP contribution in [0.15, 0.2) is 0 Å². The van der Waals surface area contributed by atoms with E-state index < -0.39 is 0 Å². The van der Waals surface area contributed by atoms with Crippen molar-refractivity contribution < 1.29 is 17.1 Å². The molecule has 3 heteroatoms. The van der Waals surface area contributed by atoms with Gasteiger partial charge in [-0.3, -0.25) is 0 Å². The Hall–Kier alpha value is 1.38. The molecule has 0 N–H and O–H groups in total. The van der Waals surface area contributed by atoms with Crippen molar-refractivity contribution in [2.75, 3.05) is 0 Å². The summed E-state index contributed by atoms with van der Waals surface area (Å²) in [4.78, 5) is 0. The van der Waals surface area contributed by atoms with Crippen molar-refractivity contribution in [3.8, 4) is 0 Å². The molecule has 6 aliphatic rings. The van der Waals surface area contributed by atoms with Gasteiger partial charge in [0.15, 0.2) is 0 Å². The minimum atomic E-state index is -0.0518. The van der Waals surface area contributed by atoms with Crippen LogP contribution in [0.4, 0.5) is 0 Å². The molecule has 0 nitrogen and oxygen atoms in total. The molecule has 6 aliphatic carbocycles. The average Bonchev–Trinajstić information content (AvgIpc) is 3.81. The SMILES string of the molecule is CC(C)[C@H]1CC[C@H](C)C[C@@H]1P([C]1[CH][CH][CH][CH]1)[C@H]1C[C@@H](C)CC[C@@H]1C(C)C.CC(C)[C@H]1CC[C@H](C)C[C@@H]1P([C]1[CH][CH][CH][CH]1)[C@H]1C[C@@H](C)CC[C@@H]1C(C)C.[Fe+2]. The standard InChI is InChI=1S/2C25H42P.Fe/c2*1-17(2)22-13-11-19(5)15-24(22)26(21-9-7-8-10-21)25-16-20(6)12-14-23(25)18(3)4;/h2*7-10,17-20,22-25H,11-16H2,1-6H3;/q;;+2/t2*19-,20-,22+,23+,24-,25-;/m00./s1. The first kappa shape index (κ1) is 47.1. The van der Waals surface area contributed by atoms with E-state index >= 15 is 0 Å². The second kappa shape index (κ2) is 22.1. The van der Waals surface area contributed by atoms with Gasteiger partial charge in [0.1, 0.15) is 0 Å². The summed E-state index contributed by atoms with van der Waals surface area (Å²) < 4.78 is 0. The molecule has 53 heavy (non-hydrogen) atoms. The van der Waals surface area contributed by atoms with Crippen molar-refractivity contribution >= 4 is 15.8 Å². The van der Waals surface area contributed by atoms with Crippen molar-refractivity contribution in [1.29, 1.82) is 0 Å². The quantitative estimate of drug-likeness (QED) is 0.152. The summed E-state index contributed by atoms with van der Waals surface area (Å²) in [6, 6.07) is 0. The maximum atomic E-state index is 2.52. The third-order valence-electron chi connectivity index (χ3n) is 15.3. The van der Waals surface area contributed by atoms with E-state index in [0.717, 1.165) is 93.7 Å². The van der Waals surface area contributed by atoms with Gasteiger partial charge in [0, 0.05) is 11.3 Å². The zero-order valence-corrected chi connectivity index (χ0v) is 39.5. The Balaban J connectivity index is 0.000000232. The zero-order valence-electron chi connectivity index (χ0n) is 36.6. The van der Waals surface area contributed by atoms with Crippen LogP contribution in [0.3, 0.4) is 0 Å². The molecule has 0 saturated heterocycles. The fourth-order valence-corrected chi connectivity index (χ4v) is 21.7. The first-order chi connectivity index (χ1) is 24.8. The van der Waals surface area contributed by atoms with Gasteiger partial charge >= 0.3 is 17.1 Å². The fourth-order valence-electron chi connectivity index (χ4n) is 12.2. The maximum absolute atomic E-state index is 2.52. The predicted octanol–water partition coefficient (Wildman–Crippen LogP) is 15.5. The van der Waals surface area contributed by atoms with Crippen molar-refractivity contribution in [2.24, 2.45) is 71.0 Å². The minimum Gasteiger partial charge on any atom is -0.0918 e. The van der Waals surface area contributed by atoms with E-state index in [2.05, 4.69) is 134 Å². The van der Waals surface area contributed by atoms with Crippen molar-refractivity contribution in [2.45, 2.75) is 183 Å². The van der Waals surface area contributed by atoms with Gasteiger partial charge in [-0.25, -0.2) is 0 Å². The molecule has 0 unspecified atom stereocenters. The van der Waals surface area contributed by atoms with Gasteiger partial charge in [0.2, 0.25) is 0 Å². The Labute approximate surface area is 347 Å². The summed E-state index contributed by atoms with van der Waals surface area (Å²) in [6.45, 7) is 30.0. The first-order valence-corrected chi connectivity index (χ1v) is 25.7. The Morgan fingerprint density at radius 2 is 0.585 bits per heavy atom. The van der Waals surface area contributed by atoms with Gasteiger partial charge in [-0.15, -0.1) is 0 Å². The van der Waals surface area contributed by atoms with Crippen molar-refractivity contribution in [3.63, 3.8) is 0 Å². The summed E-state index contributed by atoms with van der Waals surface area (Å²) in [5, 5.41) is 0.